The molecule has 118 valence electrons. The highest BCUT2D eigenvalue weighted by Gasteiger charge is 2.72. The van der Waals surface area contributed by atoms with Gasteiger partial charge in [0.15, 0.2) is 11.5 Å². The Kier molecular flexibility index (Phi) is 1.80. The van der Waals surface area contributed by atoms with Crippen molar-refractivity contribution in [2.24, 2.45) is 0 Å². The lowest BCUT2D eigenvalue weighted by molar-refractivity contribution is -0.204. The van der Waals surface area contributed by atoms with Gasteiger partial charge in [-0.25, -0.2) is 0 Å². The van der Waals surface area contributed by atoms with Crippen molar-refractivity contribution < 1.29 is 24.2 Å². The fourth-order valence-electron chi connectivity index (χ4n) is 5.52. The van der Waals surface area contributed by atoms with Gasteiger partial charge in [-0.1, -0.05) is 6.07 Å². The van der Waals surface area contributed by atoms with Crippen LogP contribution in [-0.2, 0) is 11.8 Å². The van der Waals surface area contributed by atoms with Crippen molar-refractivity contribution >= 4 is 0 Å². The molecule has 22 heavy (non-hydrogen) atoms. The summed E-state index contributed by atoms with van der Waals surface area (Å²) in [5.41, 5.74) is -0.484. The van der Waals surface area contributed by atoms with E-state index < -0.39 is 36.2 Å². The third-order valence-corrected chi connectivity index (χ3v) is 6.43. The van der Waals surface area contributed by atoms with Crippen molar-refractivity contribution in [3.8, 4) is 11.5 Å². The molecule has 0 aromatic heterocycles. The molecular weight excluding hydrogens is 283 g/mol. The van der Waals surface area contributed by atoms with Gasteiger partial charge in [-0.3, -0.25) is 0 Å². The molecule has 1 saturated carbocycles. The van der Waals surface area contributed by atoms with E-state index in [0.29, 0.717) is 38.0 Å². The number of hydrogen-bond donors (Lipinski definition) is 3. The van der Waals surface area contributed by atoms with E-state index in [1.807, 2.05) is 0 Å². The largest absolute Gasteiger partial charge is 0.504 e. The minimum absolute atomic E-state index is 0.00813. The summed E-state index contributed by atoms with van der Waals surface area (Å²) in [6.07, 6.45) is 0.0282. The van der Waals surface area contributed by atoms with Crippen molar-refractivity contribution in [2.75, 3.05) is 13.5 Å². The number of aromatic hydroxyl groups is 1. The topological polar surface area (TPSA) is 73.2 Å². The second-order valence-electron chi connectivity index (χ2n) is 7.15. The van der Waals surface area contributed by atoms with Crippen LogP contribution in [0.4, 0.5) is 0 Å². The van der Waals surface area contributed by atoms with Crippen LogP contribution in [0, 0.1) is 0 Å². The van der Waals surface area contributed by atoms with Crippen molar-refractivity contribution in [1.29, 1.82) is 0 Å². The molecular formula is C17H21NO4. The summed E-state index contributed by atoms with van der Waals surface area (Å²) in [7, 11) is 0. The number of rotatable bonds is 0. The SMILES string of the molecule is [2H][13C]([2H])([2H])N1CC[C@]23c4c5ccc(O)c4O[C@H]2[C@H](O)CC[C@@]3(O)[C@H]1C5. The van der Waals surface area contributed by atoms with E-state index in [0.717, 1.165) is 11.1 Å². The van der Waals surface area contributed by atoms with E-state index >= 15 is 0 Å². The molecule has 2 aliphatic heterocycles. The molecule has 4 aliphatic rings. The molecule has 2 bridgehead atoms. The smallest absolute Gasteiger partial charge is 0.165 e. The Morgan fingerprint density at radius 1 is 1.41 bits per heavy atom. The van der Waals surface area contributed by atoms with Crippen molar-refractivity contribution in [3.63, 3.8) is 0 Å². The molecule has 5 atom stereocenters. The molecule has 2 aliphatic carbocycles. The van der Waals surface area contributed by atoms with Gasteiger partial charge in [0.1, 0.15) is 6.10 Å². The summed E-state index contributed by atoms with van der Waals surface area (Å²) in [6.45, 7) is -1.99. The van der Waals surface area contributed by atoms with Crippen LogP contribution in [0.3, 0.4) is 0 Å². The van der Waals surface area contributed by atoms with Gasteiger partial charge < -0.3 is 25.0 Å². The van der Waals surface area contributed by atoms with Crippen LogP contribution < -0.4 is 4.74 Å². The number of aliphatic hydroxyl groups is 2. The highest BCUT2D eigenvalue weighted by molar-refractivity contribution is 5.62. The number of piperidine rings is 1. The predicted octanol–water partition coefficient (Wildman–Crippen LogP) is 0.537. The minimum Gasteiger partial charge on any atom is -0.504 e. The van der Waals surface area contributed by atoms with E-state index in [1.165, 1.54) is 4.90 Å². The number of likely N-dealkylation sites (tertiary alicyclic amines) is 1. The van der Waals surface area contributed by atoms with Crippen molar-refractivity contribution in [3.05, 3.63) is 23.3 Å². The van der Waals surface area contributed by atoms with Crippen LogP contribution >= 0.6 is 0 Å². The average Bonchev–Trinajstić information content (AvgIpc) is 2.87. The zero-order valence-corrected chi connectivity index (χ0v) is 12.1. The fourth-order valence-corrected chi connectivity index (χ4v) is 5.52. The lowest BCUT2D eigenvalue weighted by Crippen LogP contribution is -2.76. The molecule has 0 amide bonds. The van der Waals surface area contributed by atoms with E-state index in [2.05, 4.69) is 0 Å². The van der Waals surface area contributed by atoms with Crippen LogP contribution in [0.1, 0.15) is 34.5 Å². The quantitative estimate of drug-likeness (QED) is 0.610. The summed E-state index contributed by atoms with van der Waals surface area (Å²) < 4.78 is 29.7. The van der Waals surface area contributed by atoms with Gasteiger partial charge in [0.25, 0.3) is 0 Å². The van der Waals surface area contributed by atoms with Gasteiger partial charge >= 0.3 is 0 Å². The summed E-state index contributed by atoms with van der Waals surface area (Å²) in [6, 6.07) is 2.78. The van der Waals surface area contributed by atoms with Gasteiger partial charge in [-0.05, 0) is 50.8 Å². The second-order valence-corrected chi connectivity index (χ2v) is 7.15. The first kappa shape index (κ1) is 10.5. The average molecular weight is 307 g/mol. The molecule has 1 aromatic carbocycles. The maximum Gasteiger partial charge on any atom is 0.165 e. The normalized spacial score (nSPS) is 47.9. The zero-order valence-electron chi connectivity index (χ0n) is 15.1. The molecule has 5 heteroatoms. The zero-order chi connectivity index (χ0) is 17.8. The van der Waals surface area contributed by atoms with Crippen LogP contribution in [0.5, 0.6) is 11.5 Å². The highest BCUT2D eigenvalue weighted by Crippen LogP contribution is 2.65. The number of likely N-dealkylation sites (N-methyl/N-ethyl adjacent to an activating group) is 1. The summed E-state index contributed by atoms with van der Waals surface area (Å²) in [5, 5.41) is 32.6. The van der Waals surface area contributed by atoms with Crippen LogP contribution in [0.2, 0.25) is 0 Å². The Labute approximate surface area is 133 Å². The molecule has 2 fully saturated rings. The molecule has 5 nitrogen and oxygen atoms in total. The molecule has 0 unspecified atom stereocenters. The minimum atomic E-state index is -2.29. The molecule has 1 saturated heterocycles. The summed E-state index contributed by atoms with van der Waals surface area (Å²) in [4.78, 5) is 1.43. The predicted molar refractivity (Wildman–Crippen MR) is 79.1 cm³/mol. The van der Waals surface area contributed by atoms with Gasteiger partial charge in [-0.2, -0.15) is 0 Å². The first-order chi connectivity index (χ1) is 11.7. The van der Waals surface area contributed by atoms with Crippen molar-refractivity contribution in [2.45, 2.75) is 54.9 Å². The molecule has 0 radical (unpaired) electrons. The molecule has 3 N–H and O–H groups in total. The second kappa shape index (κ2) is 3.78. The number of hydrogen-bond acceptors (Lipinski definition) is 5. The third kappa shape index (κ3) is 1.17. The number of aliphatic hydroxyl groups excluding tert-OH is 1. The molecule has 5 rings (SSSR count). The van der Waals surface area contributed by atoms with Crippen LogP contribution in [0.15, 0.2) is 12.1 Å². The summed E-state index contributed by atoms with van der Waals surface area (Å²) in [5.74, 6) is 0.358. The fraction of sp³-hybridized carbons (Fsp3) is 0.647. The standard InChI is InChI=1S/C17H21NO4/c1-18-7-6-16-13-9-2-3-10(19)14(13)22-15(16)11(20)4-5-17(16,21)12(18)8-9/h2-3,11-12,15,19-21H,4-8H2,1H3/t11-,12-,15+,16+,17-/m1/s1/i1+1D3. The van der Waals surface area contributed by atoms with E-state index in [9.17, 15) is 15.3 Å². The lowest BCUT2D eigenvalue weighted by Gasteiger charge is -2.63. The number of benzene rings is 1. The van der Waals surface area contributed by atoms with E-state index in [4.69, 9.17) is 8.85 Å². The van der Waals surface area contributed by atoms with E-state index in [1.54, 1.807) is 12.1 Å². The van der Waals surface area contributed by atoms with Crippen LogP contribution in [0.25, 0.3) is 0 Å². The van der Waals surface area contributed by atoms with Gasteiger partial charge in [0.2, 0.25) is 0 Å². The third-order valence-electron chi connectivity index (χ3n) is 6.43. The molecule has 2 heterocycles. The Hall–Kier alpha value is -1.30. The maximum absolute atomic E-state index is 11.8. The Morgan fingerprint density at radius 3 is 3.09 bits per heavy atom. The number of nitrogens with zero attached hydrogens (tertiary/aromatic N) is 1. The Morgan fingerprint density at radius 2 is 2.27 bits per heavy atom. The molecule has 1 spiro atoms. The van der Waals surface area contributed by atoms with Crippen LogP contribution in [-0.4, -0.2) is 57.6 Å². The summed E-state index contributed by atoms with van der Waals surface area (Å²) >= 11 is 0. The number of phenols is 1. The van der Waals surface area contributed by atoms with Gasteiger partial charge in [0.05, 0.1) is 17.1 Å². The van der Waals surface area contributed by atoms with E-state index in [-0.39, 0.29) is 5.75 Å². The van der Waals surface area contributed by atoms with Gasteiger partial charge in [0, 0.05) is 15.7 Å². The monoisotopic (exact) mass is 307 g/mol. The van der Waals surface area contributed by atoms with Gasteiger partial charge in [-0.15, -0.1) is 0 Å². The number of phenolic OH excluding ortho intramolecular Hbond substituents is 1. The van der Waals surface area contributed by atoms with Crippen molar-refractivity contribution in [1.82, 2.24) is 4.90 Å². The Balaban J connectivity index is 1.79. The Bertz CT molecular complexity index is 769. The maximum atomic E-state index is 11.8. The highest BCUT2D eigenvalue weighted by atomic mass is 16.5. The first-order valence-corrected chi connectivity index (χ1v) is 7.89. The molecule has 1 aromatic rings. The number of ether oxygens (including phenoxy) is 1. The first-order valence-electron chi connectivity index (χ1n) is 9.39. The lowest BCUT2D eigenvalue weighted by atomic mass is 9.49.